The predicted octanol–water partition coefficient (Wildman–Crippen LogP) is 2.64. The molecule has 8 heteroatoms. The van der Waals surface area contributed by atoms with Crippen LogP contribution in [-0.4, -0.2) is 48.4 Å². The van der Waals surface area contributed by atoms with Gasteiger partial charge in [0, 0.05) is 31.4 Å². The van der Waals surface area contributed by atoms with Crippen molar-refractivity contribution in [3.05, 3.63) is 35.3 Å². The molecule has 1 aliphatic rings. The van der Waals surface area contributed by atoms with Crippen LogP contribution in [-0.2, 0) is 4.79 Å². The number of anilines is 2. The van der Waals surface area contributed by atoms with Crippen LogP contribution >= 0.6 is 11.3 Å². The molecule has 0 spiro atoms. The third-order valence-electron chi connectivity index (χ3n) is 4.17. The normalized spacial score (nSPS) is 13.5. The van der Waals surface area contributed by atoms with E-state index in [4.69, 9.17) is 4.74 Å². The Labute approximate surface area is 156 Å². The lowest BCUT2D eigenvalue weighted by atomic mass is 10.3. The number of amides is 2. The van der Waals surface area contributed by atoms with Crippen molar-refractivity contribution in [3.8, 4) is 5.75 Å². The summed E-state index contributed by atoms with van der Waals surface area (Å²) < 4.78 is 5.29. The smallest absolute Gasteiger partial charge is 0.270 e. The van der Waals surface area contributed by atoms with Gasteiger partial charge in [-0.15, -0.1) is 11.3 Å². The van der Waals surface area contributed by atoms with Crippen LogP contribution in [0.15, 0.2) is 29.6 Å². The number of carbonyl (C=O) groups is 2. The van der Waals surface area contributed by atoms with E-state index in [0.717, 1.165) is 31.6 Å². The highest BCUT2D eigenvalue weighted by Gasteiger charge is 2.18. The number of benzene rings is 1. The Hall–Kier alpha value is -2.61. The third kappa shape index (κ3) is 4.51. The zero-order valence-electron chi connectivity index (χ0n) is 14.7. The molecule has 0 atom stereocenters. The van der Waals surface area contributed by atoms with Gasteiger partial charge >= 0.3 is 0 Å². The molecule has 2 aromatic rings. The Bertz CT molecular complexity index is 771. The highest BCUT2D eigenvalue weighted by atomic mass is 32.1. The molecule has 7 nitrogen and oxygen atoms in total. The first kappa shape index (κ1) is 18.2. The van der Waals surface area contributed by atoms with Gasteiger partial charge in [0.15, 0.2) is 5.13 Å². The van der Waals surface area contributed by atoms with Crippen LogP contribution < -0.4 is 15.4 Å². The molecular formula is C18H22N4O3S. The predicted molar refractivity (Wildman–Crippen MR) is 101 cm³/mol. The lowest BCUT2D eigenvalue weighted by Gasteiger charge is -2.14. The molecule has 0 bridgehead atoms. The molecule has 0 radical (unpaired) electrons. The Morgan fingerprint density at radius 2 is 2.04 bits per heavy atom. The van der Waals surface area contributed by atoms with E-state index in [-0.39, 0.29) is 11.8 Å². The minimum atomic E-state index is -0.274. The van der Waals surface area contributed by atoms with E-state index in [1.165, 1.54) is 11.3 Å². The van der Waals surface area contributed by atoms with Gasteiger partial charge in [-0.3, -0.25) is 9.59 Å². The van der Waals surface area contributed by atoms with Gasteiger partial charge in [0.2, 0.25) is 5.91 Å². The molecule has 138 valence electrons. The maximum absolute atomic E-state index is 12.2. The average Bonchev–Trinajstić information content (AvgIpc) is 3.34. The van der Waals surface area contributed by atoms with Crippen molar-refractivity contribution in [2.75, 3.05) is 32.1 Å². The zero-order chi connectivity index (χ0) is 18.4. The SMILES string of the molecule is COc1ccccc1Nc1nc(C(=O)NCCC(=O)N2CCCC2)cs1. The van der Waals surface area contributed by atoms with Crippen molar-refractivity contribution >= 4 is 34.0 Å². The second-order valence-electron chi connectivity index (χ2n) is 5.96. The van der Waals surface area contributed by atoms with E-state index >= 15 is 0 Å². The quantitative estimate of drug-likeness (QED) is 0.778. The maximum atomic E-state index is 12.2. The van der Waals surface area contributed by atoms with Crippen molar-refractivity contribution in [3.63, 3.8) is 0 Å². The van der Waals surface area contributed by atoms with Gasteiger partial charge in [0.1, 0.15) is 11.4 Å². The number of hydrogen-bond donors (Lipinski definition) is 2. The van der Waals surface area contributed by atoms with Gasteiger partial charge < -0.3 is 20.3 Å². The topological polar surface area (TPSA) is 83.6 Å². The molecule has 1 fully saturated rings. The molecule has 0 aliphatic carbocycles. The number of rotatable bonds is 7. The van der Waals surface area contributed by atoms with E-state index in [9.17, 15) is 9.59 Å². The summed E-state index contributed by atoms with van der Waals surface area (Å²) in [5.74, 6) is 0.525. The first-order valence-electron chi connectivity index (χ1n) is 8.59. The second kappa shape index (κ2) is 8.66. The standard InChI is InChI=1S/C18H22N4O3S/c1-25-15-7-3-2-6-13(15)20-18-21-14(12-26-18)17(24)19-9-8-16(23)22-10-4-5-11-22/h2-3,6-7,12H,4-5,8-11H2,1H3,(H,19,24)(H,20,21). The van der Waals surface area contributed by atoms with E-state index in [1.807, 2.05) is 29.2 Å². The summed E-state index contributed by atoms with van der Waals surface area (Å²) in [6.07, 6.45) is 2.46. The Balaban J connectivity index is 1.50. The average molecular weight is 374 g/mol. The van der Waals surface area contributed by atoms with Crippen LogP contribution in [0.25, 0.3) is 0 Å². The van der Waals surface area contributed by atoms with Crippen LogP contribution in [0.5, 0.6) is 5.75 Å². The summed E-state index contributed by atoms with van der Waals surface area (Å²) in [7, 11) is 1.60. The third-order valence-corrected chi connectivity index (χ3v) is 4.93. The summed E-state index contributed by atoms with van der Waals surface area (Å²) in [6, 6.07) is 7.50. The molecule has 1 aromatic heterocycles. The van der Waals surface area contributed by atoms with Crippen molar-refractivity contribution in [2.24, 2.45) is 0 Å². The zero-order valence-corrected chi connectivity index (χ0v) is 15.5. The number of ether oxygens (including phenoxy) is 1. The van der Waals surface area contributed by atoms with Crippen LogP contribution in [0, 0.1) is 0 Å². The van der Waals surface area contributed by atoms with E-state index < -0.39 is 0 Å². The van der Waals surface area contributed by atoms with E-state index in [0.29, 0.717) is 29.5 Å². The first-order chi connectivity index (χ1) is 12.7. The highest BCUT2D eigenvalue weighted by Crippen LogP contribution is 2.28. The van der Waals surface area contributed by atoms with Gasteiger partial charge in [0.05, 0.1) is 12.8 Å². The molecule has 1 aromatic carbocycles. The van der Waals surface area contributed by atoms with Gasteiger partial charge in [0.25, 0.3) is 5.91 Å². The Morgan fingerprint density at radius 3 is 2.81 bits per heavy atom. The molecular weight excluding hydrogens is 352 g/mol. The Morgan fingerprint density at radius 1 is 1.27 bits per heavy atom. The van der Waals surface area contributed by atoms with Crippen molar-refractivity contribution in [2.45, 2.75) is 19.3 Å². The number of carbonyl (C=O) groups excluding carboxylic acids is 2. The monoisotopic (exact) mass is 374 g/mol. The van der Waals surface area contributed by atoms with Crippen LogP contribution in [0.4, 0.5) is 10.8 Å². The largest absolute Gasteiger partial charge is 0.495 e. The number of para-hydroxylation sites is 2. The van der Waals surface area contributed by atoms with Gasteiger partial charge in [-0.05, 0) is 25.0 Å². The molecule has 0 saturated carbocycles. The fourth-order valence-corrected chi connectivity index (χ4v) is 3.50. The summed E-state index contributed by atoms with van der Waals surface area (Å²) in [4.78, 5) is 30.3. The summed E-state index contributed by atoms with van der Waals surface area (Å²) in [6.45, 7) is 1.98. The maximum Gasteiger partial charge on any atom is 0.270 e. The lowest BCUT2D eigenvalue weighted by molar-refractivity contribution is -0.129. The molecule has 1 aliphatic heterocycles. The summed E-state index contributed by atoms with van der Waals surface area (Å²) in [5.41, 5.74) is 1.12. The number of methoxy groups -OCH3 is 1. The van der Waals surface area contributed by atoms with Crippen molar-refractivity contribution < 1.29 is 14.3 Å². The van der Waals surface area contributed by atoms with E-state index in [1.54, 1.807) is 12.5 Å². The van der Waals surface area contributed by atoms with Crippen molar-refractivity contribution in [1.82, 2.24) is 15.2 Å². The van der Waals surface area contributed by atoms with E-state index in [2.05, 4.69) is 15.6 Å². The van der Waals surface area contributed by atoms with Crippen LogP contribution in [0.1, 0.15) is 29.8 Å². The van der Waals surface area contributed by atoms with Crippen molar-refractivity contribution in [1.29, 1.82) is 0 Å². The number of likely N-dealkylation sites (tertiary alicyclic amines) is 1. The number of hydrogen-bond acceptors (Lipinski definition) is 6. The van der Waals surface area contributed by atoms with Gasteiger partial charge in [-0.2, -0.15) is 0 Å². The molecule has 26 heavy (non-hydrogen) atoms. The van der Waals surface area contributed by atoms with Crippen LogP contribution in [0.2, 0.25) is 0 Å². The number of nitrogens with one attached hydrogen (secondary N) is 2. The number of aromatic nitrogens is 1. The van der Waals surface area contributed by atoms with Gasteiger partial charge in [-0.1, -0.05) is 12.1 Å². The molecule has 1 saturated heterocycles. The Kier molecular flexibility index (Phi) is 6.06. The minimum absolute atomic E-state index is 0.0969. The molecule has 2 N–H and O–H groups in total. The lowest BCUT2D eigenvalue weighted by Crippen LogP contribution is -2.32. The summed E-state index contributed by atoms with van der Waals surface area (Å²) >= 11 is 1.34. The second-order valence-corrected chi connectivity index (χ2v) is 6.82. The molecule has 0 unspecified atom stereocenters. The first-order valence-corrected chi connectivity index (χ1v) is 9.47. The fraction of sp³-hybridized carbons (Fsp3) is 0.389. The number of nitrogens with zero attached hydrogens (tertiary/aromatic N) is 2. The summed E-state index contributed by atoms with van der Waals surface area (Å²) in [5, 5.41) is 8.20. The fourth-order valence-electron chi connectivity index (χ4n) is 2.80. The molecule has 2 amide bonds. The van der Waals surface area contributed by atoms with Crippen LogP contribution in [0.3, 0.4) is 0 Å². The highest BCUT2D eigenvalue weighted by molar-refractivity contribution is 7.14. The molecule has 3 rings (SSSR count). The minimum Gasteiger partial charge on any atom is -0.495 e. The molecule has 2 heterocycles. The van der Waals surface area contributed by atoms with Gasteiger partial charge in [-0.25, -0.2) is 4.98 Å². The number of thiazole rings is 1.